The van der Waals surface area contributed by atoms with Crippen LogP contribution in [-0.2, 0) is 4.79 Å². The summed E-state index contributed by atoms with van der Waals surface area (Å²) in [4.78, 5) is 23.7. The Kier molecular flexibility index (Phi) is 5.41. The highest BCUT2D eigenvalue weighted by Gasteiger charge is 2.17. The van der Waals surface area contributed by atoms with Crippen molar-refractivity contribution in [3.63, 3.8) is 0 Å². The Morgan fingerprint density at radius 1 is 1.22 bits per heavy atom. The number of aromatic nitrogens is 3. The number of hydrazine groups is 1. The lowest BCUT2D eigenvalue weighted by Crippen LogP contribution is -2.42. The summed E-state index contributed by atoms with van der Waals surface area (Å²) in [6, 6.07) is 6.64. The van der Waals surface area contributed by atoms with Gasteiger partial charge in [-0.25, -0.2) is 9.07 Å². The number of nitrogens with one attached hydrogen (secondary N) is 2. The molecule has 2 aromatic heterocycles. The first kappa shape index (κ1) is 18.5. The molecule has 0 bridgehead atoms. The zero-order valence-electron chi connectivity index (χ0n) is 14.1. The van der Waals surface area contributed by atoms with Gasteiger partial charge in [-0.3, -0.25) is 20.4 Å². The Morgan fingerprint density at radius 3 is 2.63 bits per heavy atom. The van der Waals surface area contributed by atoms with Gasteiger partial charge in [0.1, 0.15) is 11.6 Å². The zero-order chi connectivity index (χ0) is 19.4. The molecule has 0 spiro atoms. The van der Waals surface area contributed by atoms with Gasteiger partial charge in [0.25, 0.3) is 5.91 Å². The second-order valence-electron chi connectivity index (χ2n) is 5.36. The summed E-state index contributed by atoms with van der Waals surface area (Å²) in [5, 5.41) is 8.26. The summed E-state index contributed by atoms with van der Waals surface area (Å²) in [6.45, 7) is 1.77. The smallest absolute Gasteiger partial charge is 0.269 e. The van der Waals surface area contributed by atoms with Crippen LogP contribution in [0.4, 0.5) is 4.39 Å². The number of thioether (sulfide) groups is 1. The van der Waals surface area contributed by atoms with Gasteiger partial charge in [-0.15, -0.1) is 10.2 Å². The Hall–Kier alpha value is -3.34. The van der Waals surface area contributed by atoms with E-state index < -0.39 is 17.6 Å². The molecule has 0 saturated heterocycles. The van der Waals surface area contributed by atoms with Gasteiger partial charge in [-0.1, -0.05) is 11.8 Å². The molecule has 4 N–H and O–H groups in total. The Bertz CT molecular complexity index is 969. The number of carbonyl (C=O) groups is 2. The van der Waals surface area contributed by atoms with Crippen molar-refractivity contribution in [2.24, 2.45) is 0 Å². The number of halogens is 1. The van der Waals surface area contributed by atoms with Crippen molar-refractivity contribution in [2.45, 2.75) is 12.1 Å². The van der Waals surface area contributed by atoms with E-state index in [1.165, 1.54) is 23.1 Å². The molecule has 0 saturated carbocycles. The topological polar surface area (TPSA) is 128 Å². The first-order valence-corrected chi connectivity index (χ1v) is 8.67. The Morgan fingerprint density at radius 2 is 1.96 bits per heavy atom. The number of benzene rings is 1. The van der Waals surface area contributed by atoms with Crippen LogP contribution < -0.4 is 16.7 Å². The molecular weight excluding hydrogens is 375 g/mol. The van der Waals surface area contributed by atoms with Crippen molar-refractivity contribution in [1.29, 1.82) is 0 Å². The SMILES string of the molecule is Cc1occc1-c1nnc(SCC(=O)NNC(=O)c2ccc(F)cc2)n1N. The van der Waals surface area contributed by atoms with Crippen LogP contribution in [0.15, 0.2) is 46.2 Å². The van der Waals surface area contributed by atoms with Gasteiger partial charge in [0.2, 0.25) is 11.1 Å². The largest absolute Gasteiger partial charge is 0.469 e. The number of nitrogen functional groups attached to an aromatic ring is 1. The second kappa shape index (κ2) is 7.91. The van der Waals surface area contributed by atoms with Crippen molar-refractivity contribution < 1.29 is 18.4 Å². The molecule has 1 aromatic carbocycles. The van der Waals surface area contributed by atoms with Gasteiger partial charge in [-0.2, -0.15) is 0 Å². The molecule has 3 rings (SSSR count). The quantitative estimate of drug-likeness (QED) is 0.340. The highest BCUT2D eigenvalue weighted by Crippen LogP contribution is 2.24. The van der Waals surface area contributed by atoms with Crippen LogP contribution >= 0.6 is 11.8 Å². The molecule has 2 amide bonds. The minimum absolute atomic E-state index is 0.0522. The van der Waals surface area contributed by atoms with E-state index in [2.05, 4.69) is 21.0 Å². The lowest BCUT2D eigenvalue weighted by molar-refractivity contribution is -0.119. The summed E-state index contributed by atoms with van der Waals surface area (Å²) in [5.74, 6) is 5.47. The van der Waals surface area contributed by atoms with Crippen LogP contribution in [0, 0.1) is 12.7 Å². The fourth-order valence-corrected chi connectivity index (χ4v) is 2.80. The van der Waals surface area contributed by atoms with Gasteiger partial charge in [0, 0.05) is 5.56 Å². The van der Waals surface area contributed by atoms with Crippen LogP contribution in [-0.4, -0.2) is 32.4 Å². The fraction of sp³-hybridized carbons (Fsp3) is 0.125. The number of hydrogen-bond acceptors (Lipinski definition) is 7. The molecular formula is C16H15FN6O3S. The van der Waals surface area contributed by atoms with Crippen LogP contribution in [0.5, 0.6) is 0 Å². The molecule has 140 valence electrons. The number of hydrogen-bond donors (Lipinski definition) is 3. The molecule has 9 nitrogen and oxygen atoms in total. The number of amides is 2. The van der Waals surface area contributed by atoms with E-state index in [-0.39, 0.29) is 11.3 Å². The molecule has 0 aliphatic carbocycles. The highest BCUT2D eigenvalue weighted by molar-refractivity contribution is 7.99. The van der Waals surface area contributed by atoms with Crippen molar-refractivity contribution in [1.82, 2.24) is 25.7 Å². The van der Waals surface area contributed by atoms with E-state index in [0.29, 0.717) is 22.3 Å². The predicted molar refractivity (Wildman–Crippen MR) is 95.3 cm³/mol. The van der Waals surface area contributed by atoms with Gasteiger partial charge in [0.15, 0.2) is 5.82 Å². The number of rotatable bonds is 5. The first-order valence-electron chi connectivity index (χ1n) is 7.68. The highest BCUT2D eigenvalue weighted by atomic mass is 32.2. The van der Waals surface area contributed by atoms with Gasteiger partial charge in [-0.05, 0) is 37.3 Å². The van der Waals surface area contributed by atoms with E-state index in [4.69, 9.17) is 10.3 Å². The third-order valence-corrected chi connectivity index (χ3v) is 4.46. The van der Waals surface area contributed by atoms with E-state index in [1.54, 1.807) is 13.0 Å². The minimum Gasteiger partial charge on any atom is -0.469 e. The normalized spacial score (nSPS) is 10.6. The minimum atomic E-state index is -0.562. The van der Waals surface area contributed by atoms with Crippen molar-refractivity contribution in [2.75, 3.05) is 11.6 Å². The number of nitrogens with zero attached hydrogens (tertiary/aromatic N) is 3. The number of aryl methyl sites for hydroxylation is 1. The fourth-order valence-electron chi connectivity index (χ4n) is 2.14. The lowest BCUT2D eigenvalue weighted by atomic mass is 10.2. The number of furan rings is 1. The molecule has 0 aliphatic heterocycles. The van der Waals surface area contributed by atoms with E-state index in [9.17, 15) is 14.0 Å². The van der Waals surface area contributed by atoms with Crippen molar-refractivity contribution in [3.05, 3.63) is 53.7 Å². The van der Waals surface area contributed by atoms with Crippen molar-refractivity contribution in [3.8, 4) is 11.4 Å². The van der Waals surface area contributed by atoms with Gasteiger partial charge in [0.05, 0.1) is 17.6 Å². The molecule has 0 radical (unpaired) electrons. The number of carbonyl (C=O) groups excluding carboxylic acids is 2. The van der Waals surface area contributed by atoms with Gasteiger partial charge >= 0.3 is 0 Å². The third kappa shape index (κ3) is 4.26. The third-order valence-electron chi connectivity index (χ3n) is 3.52. The van der Waals surface area contributed by atoms with Crippen molar-refractivity contribution >= 4 is 23.6 Å². The molecule has 0 atom stereocenters. The summed E-state index contributed by atoms with van der Waals surface area (Å²) in [6.07, 6.45) is 1.52. The average molecular weight is 390 g/mol. The lowest BCUT2D eigenvalue weighted by Gasteiger charge is -2.07. The molecule has 3 aromatic rings. The Balaban J connectivity index is 1.52. The van der Waals surface area contributed by atoms with Crippen LogP contribution in [0.1, 0.15) is 16.1 Å². The molecule has 27 heavy (non-hydrogen) atoms. The van der Waals surface area contributed by atoms with Crippen LogP contribution in [0.3, 0.4) is 0 Å². The zero-order valence-corrected chi connectivity index (χ0v) is 14.9. The average Bonchev–Trinajstić information content (AvgIpc) is 3.23. The molecule has 2 heterocycles. The Labute approximate surface area is 157 Å². The van der Waals surface area contributed by atoms with Crippen LogP contribution in [0.2, 0.25) is 0 Å². The molecule has 11 heteroatoms. The van der Waals surface area contributed by atoms with E-state index >= 15 is 0 Å². The summed E-state index contributed by atoms with van der Waals surface area (Å²) >= 11 is 1.05. The predicted octanol–water partition coefficient (Wildman–Crippen LogP) is 1.25. The first-order chi connectivity index (χ1) is 13.0. The summed E-state index contributed by atoms with van der Waals surface area (Å²) in [5.41, 5.74) is 5.42. The number of nitrogens with two attached hydrogens (primary N) is 1. The standard InChI is InChI=1S/C16H15FN6O3S/c1-9-12(6-7-26-9)14-20-22-16(23(14)18)27-8-13(24)19-21-15(25)10-2-4-11(17)5-3-10/h2-7H,8,18H2,1H3,(H,19,24)(H,21,25). The van der Waals surface area contributed by atoms with E-state index in [1.807, 2.05) is 0 Å². The summed E-state index contributed by atoms with van der Waals surface area (Å²) < 4.78 is 19.3. The van der Waals surface area contributed by atoms with Crippen LogP contribution in [0.25, 0.3) is 11.4 Å². The second-order valence-corrected chi connectivity index (χ2v) is 6.31. The maximum absolute atomic E-state index is 12.8. The monoisotopic (exact) mass is 390 g/mol. The maximum atomic E-state index is 12.8. The molecule has 0 aliphatic rings. The van der Waals surface area contributed by atoms with E-state index in [0.717, 1.165) is 23.9 Å². The summed E-state index contributed by atoms with van der Waals surface area (Å²) in [7, 11) is 0. The maximum Gasteiger partial charge on any atom is 0.269 e. The molecule has 0 fully saturated rings. The van der Waals surface area contributed by atoms with Gasteiger partial charge < -0.3 is 10.3 Å². The molecule has 0 unspecified atom stereocenters.